The number of fused-ring (bicyclic) bond motifs is 1. The first-order chi connectivity index (χ1) is 8.79. The van der Waals surface area contributed by atoms with Crippen LogP contribution in [0.1, 0.15) is 24.5 Å². The van der Waals surface area contributed by atoms with E-state index in [2.05, 4.69) is 16.4 Å². The molecular formula is C14H17ClN2O. The second-order valence-corrected chi connectivity index (χ2v) is 5.19. The van der Waals surface area contributed by atoms with Crippen LogP contribution in [0.2, 0.25) is 5.02 Å². The maximum absolute atomic E-state index is 6.25. The van der Waals surface area contributed by atoms with E-state index in [1.807, 2.05) is 12.1 Å². The molecule has 1 aliphatic rings. The van der Waals surface area contributed by atoms with Crippen molar-refractivity contribution in [2.24, 2.45) is 0 Å². The number of ether oxygens (including phenoxy) is 1. The molecule has 1 aromatic carbocycles. The van der Waals surface area contributed by atoms with E-state index in [4.69, 9.17) is 16.3 Å². The molecule has 1 saturated heterocycles. The van der Waals surface area contributed by atoms with E-state index in [0.29, 0.717) is 5.92 Å². The molecule has 3 rings (SSSR count). The first-order valence-electron chi connectivity index (χ1n) is 6.35. The van der Waals surface area contributed by atoms with Crippen LogP contribution in [0.25, 0.3) is 10.9 Å². The summed E-state index contributed by atoms with van der Waals surface area (Å²) < 4.78 is 5.38. The van der Waals surface area contributed by atoms with Crippen molar-refractivity contribution in [3.05, 3.63) is 28.9 Å². The van der Waals surface area contributed by atoms with Gasteiger partial charge in [-0.2, -0.15) is 0 Å². The minimum Gasteiger partial charge on any atom is -0.495 e. The number of rotatable bonds is 2. The molecule has 0 saturated carbocycles. The van der Waals surface area contributed by atoms with Gasteiger partial charge in [-0.3, -0.25) is 0 Å². The summed E-state index contributed by atoms with van der Waals surface area (Å²) in [6.07, 6.45) is 2.35. The molecule has 4 heteroatoms. The molecule has 2 aromatic rings. The highest BCUT2D eigenvalue weighted by Gasteiger charge is 2.18. The Labute approximate surface area is 111 Å². The molecule has 2 N–H and O–H groups in total. The van der Waals surface area contributed by atoms with Gasteiger partial charge in [-0.15, -0.1) is 0 Å². The highest BCUT2D eigenvalue weighted by molar-refractivity contribution is 6.35. The Morgan fingerprint density at radius 2 is 2.06 bits per heavy atom. The molecule has 1 aliphatic heterocycles. The lowest BCUT2D eigenvalue weighted by molar-refractivity contribution is 0.418. The van der Waals surface area contributed by atoms with Gasteiger partial charge in [0, 0.05) is 17.0 Å². The minimum absolute atomic E-state index is 0.597. The van der Waals surface area contributed by atoms with Crippen LogP contribution >= 0.6 is 11.6 Å². The van der Waals surface area contributed by atoms with Gasteiger partial charge < -0.3 is 15.0 Å². The molecule has 18 heavy (non-hydrogen) atoms. The molecule has 3 nitrogen and oxygen atoms in total. The van der Waals surface area contributed by atoms with Crippen LogP contribution in [-0.4, -0.2) is 25.2 Å². The Balaban J connectivity index is 2.06. The van der Waals surface area contributed by atoms with Crippen LogP contribution in [0.3, 0.4) is 0 Å². The Morgan fingerprint density at radius 3 is 2.78 bits per heavy atom. The van der Waals surface area contributed by atoms with Crippen LogP contribution < -0.4 is 10.1 Å². The van der Waals surface area contributed by atoms with Gasteiger partial charge in [0.05, 0.1) is 17.6 Å². The molecule has 96 valence electrons. The van der Waals surface area contributed by atoms with Crippen molar-refractivity contribution in [1.82, 2.24) is 10.3 Å². The lowest BCUT2D eigenvalue weighted by Crippen LogP contribution is -2.26. The summed E-state index contributed by atoms with van der Waals surface area (Å²) in [6.45, 7) is 2.18. The fraction of sp³-hybridized carbons (Fsp3) is 0.429. The Bertz CT molecular complexity index is 558. The van der Waals surface area contributed by atoms with Crippen LogP contribution in [0.4, 0.5) is 0 Å². The smallest absolute Gasteiger partial charge is 0.143 e. The molecule has 0 amide bonds. The van der Waals surface area contributed by atoms with Crippen molar-refractivity contribution in [3.8, 4) is 5.75 Å². The number of methoxy groups -OCH3 is 1. The second kappa shape index (κ2) is 4.82. The molecule has 0 spiro atoms. The summed E-state index contributed by atoms with van der Waals surface area (Å²) in [5.74, 6) is 1.45. The SMILES string of the molecule is COc1ccc(Cl)c2cc(C3CCNCC3)[nH]c12. The molecule has 0 radical (unpaired) electrons. The number of piperidine rings is 1. The average Bonchev–Trinajstić information content (AvgIpc) is 2.86. The predicted molar refractivity (Wildman–Crippen MR) is 74.7 cm³/mol. The molecule has 1 aromatic heterocycles. The van der Waals surface area contributed by atoms with Crippen molar-refractivity contribution in [3.63, 3.8) is 0 Å². The Hall–Kier alpha value is -1.19. The molecule has 0 aliphatic carbocycles. The molecule has 2 heterocycles. The Kier molecular flexibility index (Phi) is 3.18. The first kappa shape index (κ1) is 11.9. The van der Waals surface area contributed by atoms with E-state index in [-0.39, 0.29) is 0 Å². The third kappa shape index (κ3) is 1.98. The van der Waals surface area contributed by atoms with Gasteiger partial charge in [-0.1, -0.05) is 11.6 Å². The van der Waals surface area contributed by atoms with Crippen molar-refractivity contribution in [2.75, 3.05) is 20.2 Å². The molecule has 0 atom stereocenters. The van der Waals surface area contributed by atoms with Crippen LogP contribution in [-0.2, 0) is 0 Å². The third-order valence-corrected chi connectivity index (χ3v) is 4.05. The van der Waals surface area contributed by atoms with Crippen LogP contribution in [0.15, 0.2) is 18.2 Å². The van der Waals surface area contributed by atoms with Gasteiger partial charge in [0.25, 0.3) is 0 Å². The maximum Gasteiger partial charge on any atom is 0.143 e. The van der Waals surface area contributed by atoms with Gasteiger partial charge in [-0.05, 0) is 44.1 Å². The number of nitrogens with one attached hydrogen (secondary N) is 2. The lowest BCUT2D eigenvalue weighted by atomic mass is 9.95. The van der Waals surface area contributed by atoms with Gasteiger partial charge in [0.15, 0.2) is 0 Å². The number of aromatic amines is 1. The zero-order chi connectivity index (χ0) is 12.5. The molecule has 1 fully saturated rings. The summed E-state index contributed by atoms with van der Waals surface area (Å²) in [6, 6.07) is 5.98. The standard InChI is InChI=1S/C14H17ClN2O/c1-18-13-3-2-11(15)10-8-12(17-14(10)13)9-4-6-16-7-5-9/h2-3,8-9,16-17H,4-7H2,1H3. The zero-order valence-corrected chi connectivity index (χ0v) is 11.2. The third-order valence-electron chi connectivity index (χ3n) is 3.72. The first-order valence-corrected chi connectivity index (χ1v) is 6.73. The highest BCUT2D eigenvalue weighted by Crippen LogP contribution is 2.35. The topological polar surface area (TPSA) is 37.0 Å². The minimum atomic E-state index is 0.597. The zero-order valence-electron chi connectivity index (χ0n) is 10.4. The normalized spacial score (nSPS) is 17.2. The van der Waals surface area contributed by atoms with E-state index < -0.39 is 0 Å². The van der Waals surface area contributed by atoms with E-state index in [1.54, 1.807) is 7.11 Å². The van der Waals surface area contributed by atoms with E-state index in [0.717, 1.165) is 34.8 Å². The molecular weight excluding hydrogens is 248 g/mol. The molecule has 0 bridgehead atoms. The van der Waals surface area contributed by atoms with Gasteiger partial charge in [0.2, 0.25) is 0 Å². The van der Waals surface area contributed by atoms with Crippen LogP contribution in [0, 0.1) is 0 Å². The summed E-state index contributed by atoms with van der Waals surface area (Å²) in [4.78, 5) is 3.49. The fourth-order valence-corrected chi connectivity index (χ4v) is 2.92. The molecule has 0 unspecified atom stereocenters. The maximum atomic E-state index is 6.25. The summed E-state index contributed by atoms with van der Waals surface area (Å²) in [5.41, 5.74) is 2.29. The lowest BCUT2D eigenvalue weighted by Gasteiger charge is -2.21. The fourth-order valence-electron chi connectivity index (χ4n) is 2.70. The van der Waals surface area contributed by atoms with Crippen LogP contribution in [0.5, 0.6) is 5.75 Å². The van der Waals surface area contributed by atoms with E-state index >= 15 is 0 Å². The van der Waals surface area contributed by atoms with E-state index in [1.165, 1.54) is 18.5 Å². The number of halogens is 1. The van der Waals surface area contributed by atoms with Gasteiger partial charge >= 0.3 is 0 Å². The van der Waals surface area contributed by atoms with Crippen molar-refractivity contribution in [1.29, 1.82) is 0 Å². The van der Waals surface area contributed by atoms with E-state index in [9.17, 15) is 0 Å². The number of hydrogen-bond donors (Lipinski definition) is 2. The number of H-pyrrole nitrogens is 1. The number of hydrogen-bond acceptors (Lipinski definition) is 2. The average molecular weight is 265 g/mol. The largest absolute Gasteiger partial charge is 0.495 e. The number of benzene rings is 1. The van der Waals surface area contributed by atoms with Gasteiger partial charge in [-0.25, -0.2) is 0 Å². The predicted octanol–water partition coefficient (Wildman–Crippen LogP) is 3.30. The van der Waals surface area contributed by atoms with Gasteiger partial charge in [0.1, 0.15) is 5.75 Å². The second-order valence-electron chi connectivity index (χ2n) is 4.79. The number of aromatic nitrogens is 1. The van der Waals surface area contributed by atoms with Crippen molar-refractivity contribution in [2.45, 2.75) is 18.8 Å². The van der Waals surface area contributed by atoms with Crippen molar-refractivity contribution < 1.29 is 4.74 Å². The summed E-state index contributed by atoms with van der Waals surface area (Å²) in [5, 5.41) is 5.23. The van der Waals surface area contributed by atoms with Crippen molar-refractivity contribution >= 4 is 22.5 Å². The Morgan fingerprint density at radius 1 is 1.28 bits per heavy atom. The highest BCUT2D eigenvalue weighted by atomic mass is 35.5. The summed E-state index contributed by atoms with van der Waals surface area (Å²) >= 11 is 6.25. The summed E-state index contributed by atoms with van der Waals surface area (Å²) in [7, 11) is 1.69. The monoisotopic (exact) mass is 264 g/mol. The quantitative estimate of drug-likeness (QED) is 0.873.